The van der Waals surface area contributed by atoms with Crippen LogP contribution in [0.1, 0.15) is 52.5 Å². The van der Waals surface area contributed by atoms with Crippen LogP contribution in [0, 0.1) is 12.3 Å². The van der Waals surface area contributed by atoms with Crippen molar-refractivity contribution in [2.45, 2.75) is 39.2 Å². The van der Waals surface area contributed by atoms with Crippen LogP contribution < -0.4 is 11.1 Å². The van der Waals surface area contributed by atoms with Crippen molar-refractivity contribution < 1.29 is 7.65 Å². The van der Waals surface area contributed by atoms with Crippen LogP contribution in [0.2, 0.25) is 0 Å². The fourth-order valence-electron chi connectivity index (χ4n) is 3.69. The first-order chi connectivity index (χ1) is 14.1. The summed E-state index contributed by atoms with van der Waals surface area (Å²) in [6.45, 7) is 2.47. The molecule has 0 saturated heterocycles. The lowest BCUT2D eigenvalue weighted by Gasteiger charge is -2.11. The highest BCUT2D eigenvalue weighted by Gasteiger charge is 2.17. The van der Waals surface area contributed by atoms with Crippen LogP contribution in [-0.2, 0) is 19.4 Å². The summed E-state index contributed by atoms with van der Waals surface area (Å²) in [5.41, 5.74) is 11.3. The maximum atomic E-state index is 12.6. The van der Waals surface area contributed by atoms with Crippen molar-refractivity contribution in [3.8, 4) is 11.3 Å². The third-order valence-corrected chi connectivity index (χ3v) is 6.57. The van der Waals surface area contributed by atoms with Gasteiger partial charge in [0.1, 0.15) is 12.1 Å². The molecule has 1 aliphatic carbocycles. The number of carbonyl (C=O) groups is 1. The van der Waals surface area contributed by atoms with Crippen molar-refractivity contribution in [2.24, 2.45) is 0 Å². The molecule has 0 fully saturated rings. The molecule has 4 N–H and O–H groups in total. The predicted octanol–water partition coefficient (Wildman–Crippen LogP) is 4.39. The minimum absolute atomic E-state index is 0. The number of aromatic nitrogens is 2. The average Bonchev–Trinajstić information content (AvgIpc) is 3.17. The predicted molar refractivity (Wildman–Crippen MR) is 121 cm³/mol. The first-order valence-electron chi connectivity index (χ1n) is 9.67. The van der Waals surface area contributed by atoms with Crippen LogP contribution in [0.3, 0.4) is 0 Å². The SMILES string of the molecule is Cc1cc(-c2ncnc(N)c2C=N)ccc1CNC(=O)c1cc2c(s1)CCCC2.[HH].[HH]. The molecule has 2 heterocycles. The van der Waals surface area contributed by atoms with E-state index in [9.17, 15) is 4.79 Å². The Kier molecular flexibility index (Phi) is 5.40. The Labute approximate surface area is 176 Å². The van der Waals surface area contributed by atoms with Gasteiger partial charge in [-0.05, 0) is 61.4 Å². The maximum Gasteiger partial charge on any atom is 0.261 e. The molecule has 0 radical (unpaired) electrons. The molecule has 0 atom stereocenters. The molecular formula is C22H27N5OS. The largest absolute Gasteiger partial charge is 0.383 e. The smallest absolute Gasteiger partial charge is 0.261 e. The second-order valence-electron chi connectivity index (χ2n) is 7.26. The zero-order valence-corrected chi connectivity index (χ0v) is 17.1. The molecule has 0 bridgehead atoms. The molecule has 6 nitrogen and oxygen atoms in total. The molecule has 0 saturated carbocycles. The van der Waals surface area contributed by atoms with Crippen LogP contribution in [0.15, 0.2) is 30.6 Å². The highest BCUT2D eigenvalue weighted by molar-refractivity contribution is 7.14. The van der Waals surface area contributed by atoms with Crippen molar-refractivity contribution in [3.05, 3.63) is 62.6 Å². The van der Waals surface area contributed by atoms with Crippen molar-refractivity contribution >= 4 is 29.3 Å². The van der Waals surface area contributed by atoms with E-state index in [0.29, 0.717) is 17.8 Å². The number of amides is 1. The molecule has 2 aromatic heterocycles. The van der Waals surface area contributed by atoms with Gasteiger partial charge in [0.15, 0.2) is 0 Å². The molecule has 7 heteroatoms. The number of nitrogens with two attached hydrogens (primary N) is 1. The number of anilines is 1. The normalized spacial score (nSPS) is 13.0. The van der Waals surface area contributed by atoms with Gasteiger partial charge in [-0.1, -0.05) is 12.1 Å². The van der Waals surface area contributed by atoms with Crippen LogP contribution >= 0.6 is 11.3 Å². The fourth-order valence-corrected chi connectivity index (χ4v) is 4.86. The first-order valence-corrected chi connectivity index (χ1v) is 10.5. The lowest BCUT2D eigenvalue weighted by atomic mass is 9.99. The summed E-state index contributed by atoms with van der Waals surface area (Å²) in [6, 6.07) is 7.98. The number of fused-ring (bicyclic) bond motifs is 1. The minimum atomic E-state index is -0.0115. The number of benzene rings is 1. The van der Waals surface area contributed by atoms with E-state index in [4.69, 9.17) is 11.1 Å². The van der Waals surface area contributed by atoms with Crippen molar-refractivity contribution in [3.63, 3.8) is 0 Å². The lowest BCUT2D eigenvalue weighted by molar-refractivity contribution is 0.0955. The van der Waals surface area contributed by atoms with E-state index in [1.54, 1.807) is 11.3 Å². The third-order valence-electron chi connectivity index (χ3n) is 5.33. The summed E-state index contributed by atoms with van der Waals surface area (Å²) in [7, 11) is 0. The summed E-state index contributed by atoms with van der Waals surface area (Å²) in [5.74, 6) is 0.278. The first kappa shape index (κ1) is 19.3. The van der Waals surface area contributed by atoms with Crippen molar-refractivity contribution in [2.75, 3.05) is 5.73 Å². The highest BCUT2D eigenvalue weighted by atomic mass is 32.1. The van der Waals surface area contributed by atoms with Crippen LogP contribution in [0.5, 0.6) is 0 Å². The number of nitrogens with one attached hydrogen (secondary N) is 2. The molecule has 1 amide bonds. The second-order valence-corrected chi connectivity index (χ2v) is 8.39. The van der Waals surface area contributed by atoms with Crippen LogP contribution in [0.25, 0.3) is 11.3 Å². The van der Waals surface area contributed by atoms with E-state index >= 15 is 0 Å². The molecule has 3 aromatic rings. The van der Waals surface area contributed by atoms with E-state index in [1.165, 1.54) is 35.8 Å². The maximum absolute atomic E-state index is 12.6. The van der Waals surface area contributed by atoms with Gasteiger partial charge in [0.2, 0.25) is 0 Å². The summed E-state index contributed by atoms with van der Waals surface area (Å²) in [6.07, 6.45) is 7.20. The number of carbonyl (C=O) groups excluding carboxylic acids is 1. The van der Waals surface area contributed by atoms with Gasteiger partial charge in [-0.3, -0.25) is 4.79 Å². The Morgan fingerprint density at radius 1 is 1.31 bits per heavy atom. The highest BCUT2D eigenvalue weighted by Crippen LogP contribution is 2.30. The van der Waals surface area contributed by atoms with E-state index in [2.05, 4.69) is 21.4 Å². The third kappa shape index (κ3) is 3.91. The van der Waals surface area contributed by atoms with Gasteiger partial charge in [-0.25, -0.2) is 9.97 Å². The molecule has 1 aliphatic rings. The number of hydrogen-bond acceptors (Lipinski definition) is 6. The van der Waals surface area contributed by atoms with Gasteiger partial charge in [0, 0.05) is 26.1 Å². The number of thiophene rings is 1. The van der Waals surface area contributed by atoms with Crippen LogP contribution in [0.4, 0.5) is 5.82 Å². The van der Waals surface area contributed by atoms with Gasteiger partial charge in [-0.2, -0.15) is 0 Å². The molecular weight excluding hydrogens is 382 g/mol. The van der Waals surface area contributed by atoms with E-state index in [-0.39, 0.29) is 14.6 Å². The number of aryl methyl sites for hydroxylation is 3. The summed E-state index contributed by atoms with van der Waals surface area (Å²) in [4.78, 5) is 23.0. The Balaban J connectivity index is 0.00000171. The van der Waals surface area contributed by atoms with Crippen LogP contribution in [-0.4, -0.2) is 22.1 Å². The van der Waals surface area contributed by atoms with E-state index < -0.39 is 0 Å². The molecule has 0 spiro atoms. The van der Waals surface area contributed by atoms with Gasteiger partial charge in [0.05, 0.1) is 16.1 Å². The van der Waals surface area contributed by atoms with E-state index in [1.807, 2.05) is 25.1 Å². The Morgan fingerprint density at radius 3 is 2.90 bits per heavy atom. The van der Waals surface area contributed by atoms with Gasteiger partial charge in [0.25, 0.3) is 5.91 Å². The fraction of sp³-hybridized carbons (Fsp3) is 0.273. The Morgan fingerprint density at radius 2 is 2.14 bits per heavy atom. The summed E-state index contributed by atoms with van der Waals surface area (Å²) < 4.78 is 0. The molecule has 152 valence electrons. The number of nitrogens with zero attached hydrogens (tertiary/aromatic N) is 2. The monoisotopic (exact) mass is 409 g/mol. The van der Waals surface area contributed by atoms with Crippen molar-refractivity contribution in [1.82, 2.24) is 15.3 Å². The topological polar surface area (TPSA) is 105 Å². The molecule has 0 aliphatic heterocycles. The van der Waals surface area contributed by atoms with Gasteiger partial charge < -0.3 is 16.5 Å². The standard InChI is InChI=1S/C22H23N5OS.2H2/c1-13-8-15(20-17(10-23)21(24)27-12-26-20)6-7-16(13)11-25-22(28)19-9-14-4-2-3-5-18(14)29-19;;/h6-10,12,23H,2-5,11H2,1H3,(H,25,28)(H2,24,26,27);2*1H. The average molecular weight is 410 g/mol. The second kappa shape index (κ2) is 8.13. The number of nitrogen functional groups attached to an aromatic ring is 1. The summed E-state index contributed by atoms with van der Waals surface area (Å²) in [5, 5.41) is 10.6. The molecule has 4 rings (SSSR count). The molecule has 1 aromatic carbocycles. The zero-order chi connectivity index (χ0) is 20.4. The lowest BCUT2D eigenvalue weighted by Crippen LogP contribution is -2.22. The summed E-state index contributed by atoms with van der Waals surface area (Å²) >= 11 is 1.63. The number of hydrogen-bond donors (Lipinski definition) is 3. The van der Waals surface area contributed by atoms with E-state index in [0.717, 1.165) is 34.4 Å². The Bertz CT molecular complexity index is 1080. The minimum Gasteiger partial charge on any atom is -0.383 e. The van der Waals surface area contributed by atoms with Crippen molar-refractivity contribution in [1.29, 1.82) is 5.41 Å². The quantitative estimate of drug-likeness (QED) is 0.543. The zero-order valence-electron chi connectivity index (χ0n) is 16.3. The Hall–Kier alpha value is -3.06. The molecule has 29 heavy (non-hydrogen) atoms. The van der Waals surface area contributed by atoms with Gasteiger partial charge in [-0.15, -0.1) is 11.3 Å². The molecule has 0 unspecified atom stereocenters. The number of rotatable bonds is 5. The van der Waals surface area contributed by atoms with Gasteiger partial charge >= 0.3 is 0 Å².